The van der Waals surface area contributed by atoms with Gasteiger partial charge in [-0.1, -0.05) is 0 Å². The number of rotatable bonds is 6. The first-order valence-corrected chi connectivity index (χ1v) is 8.27. The van der Waals surface area contributed by atoms with Crippen LogP contribution >= 0.6 is 12.2 Å². The Labute approximate surface area is 152 Å². The summed E-state index contributed by atoms with van der Waals surface area (Å²) in [4.78, 5) is 30.4. The number of likely N-dealkylation sites (N-methyl/N-ethyl adjacent to an activating group) is 1. The fourth-order valence-electron chi connectivity index (χ4n) is 2.24. The van der Waals surface area contributed by atoms with Gasteiger partial charge in [0, 0.05) is 6.21 Å². The summed E-state index contributed by atoms with van der Waals surface area (Å²) < 4.78 is 5.87. The first-order chi connectivity index (χ1) is 11.7. The highest BCUT2D eigenvalue weighted by Gasteiger charge is 2.38. The van der Waals surface area contributed by atoms with Gasteiger partial charge in [0.05, 0.1) is 47.0 Å². The van der Waals surface area contributed by atoms with E-state index in [-0.39, 0.29) is 5.11 Å². The summed E-state index contributed by atoms with van der Waals surface area (Å²) in [6.07, 6.45) is 1.41. The Balaban J connectivity index is 2.16. The number of quaternary nitrogens is 1. The van der Waals surface area contributed by atoms with Crippen molar-refractivity contribution in [2.24, 2.45) is 10.9 Å². The van der Waals surface area contributed by atoms with Gasteiger partial charge in [-0.15, -0.1) is 0 Å². The number of carbonyl (C=O) groups is 2. The number of hydrogen-bond donors (Lipinski definition) is 1. The van der Waals surface area contributed by atoms with E-state index in [9.17, 15) is 9.59 Å². The smallest absolute Gasteiger partial charge is 0.251 e. The number of anilines is 1. The van der Waals surface area contributed by atoms with Gasteiger partial charge < -0.3 is 14.5 Å². The van der Waals surface area contributed by atoms with Gasteiger partial charge in [-0.3, -0.25) is 19.5 Å². The molecule has 1 aliphatic rings. The maximum Gasteiger partial charge on any atom is 0.251 e. The van der Waals surface area contributed by atoms with E-state index in [2.05, 4.69) is 31.5 Å². The predicted octanol–water partition coefficient (Wildman–Crippen LogP) is 0.836. The summed E-state index contributed by atoms with van der Waals surface area (Å²) in [5.74, 6) is -1.18. The average Bonchev–Trinajstić information content (AvgIpc) is 2.53. The molecule has 0 aromatic heterocycles. The van der Waals surface area contributed by atoms with E-state index in [1.807, 2.05) is 0 Å². The summed E-state index contributed by atoms with van der Waals surface area (Å²) in [5.41, 5.74) is 0.570. The van der Waals surface area contributed by atoms with Gasteiger partial charge in [0.15, 0.2) is 11.0 Å². The van der Waals surface area contributed by atoms with Crippen LogP contribution in [0, 0.1) is 5.92 Å². The van der Waals surface area contributed by atoms with Crippen LogP contribution in [0.3, 0.4) is 0 Å². The van der Waals surface area contributed by atoms with E-state index in [1.54, 1.807) is 31.4 Å². The maximum absolute atomic E-state index is 12.7. The molecule has 1 saturated heterocycles. The third-order valence-electron chi connectivity index (χ3n) is 3.69. The Kier molecular flexibility index (Phi) is 5.86. The molecule has 8 heteroatoms. The molecule has 2 rings (SSSR count). The second kappa shape index (κ2) is 7.71. The minimum Gasteiger partial charge on any atom is -0.497 e. The van der Waals surface area contributed by atoms with E-state index < -0.39 is 17.7 Å². The molecule has 1 aromatic carbocycles. The largest absolute Gasteiger partial charge is 0.497 e. The van der Waals surface area contributed by atoms with Gasteiger partial charge in [0.25, 0.3) is 5.91 Å². The number of carbonyl (C=O) groups excluding carboxylic acids is 2. The van der Waals surface area contributed by atoms with Crippen molar-refractivity contribution in [3.8, 4) is 5.75 Å². The van der Waals surface area contributed by atoms with Crippen LogP contribution in [0.15, 0.2) is 29.3 Å². The molecule has 1 fully saturated rings. The van der Waals surface area contributed by atoms with Gasteiger partial charge in [0.2, 0.25) is 5.91 Å². The molecular formula is C17H23N4O3S+. The number of nitrogens with zero attached hydrogens (tertiary/aromatic N) is 3. The molecule has 2 amide bonds. The van der Waals surface area contributed by atoms with Crippen molar-refractivity contribution in [1.29, 1.82) is 0 Å². The SMILES string of the molecule is COc1ccc(N2C(=O)C(C=NCC[N+](C)(C)C)C(=O)NC2=S)cc1. The van der Waals surface area contributed by atoms with Crippen LogP contribution in [0.1, 0.15) is 0 Å². The predicted molar refractivity (Wildman–Crippen MR) is 101 cm³/mol. The average molecular weight is 363 g/mol. The zero-order chi connectivity index (χ0) is 18.6. The van der Waals surface area contributed by atoms with Crippen LogP contribution in [0.4, 0.5) is 5.69 Å². The summed E-state index contributed by atoms with van der Waals surface area (Å²) in [7, 11) is 7.72. The molecule has 1 unspecified atom stereocenters. The van der Waals surface area contributed by atoms with Gasteiger partial charge >= 0.3 is 0 Å². The highest BCUT2D eigenvalue weighted by molar-refractivity contribution is 7.80. The third-order valence-corrected chi connectivity index (χ3v) is 3.97. The quantitative estimate of drug-likeness (QED) is 0.352. The van der Waals surface area contributed by atoms with Crippen LogP contribution in [0.2, 0.25) is 0 Å². The van der Waals surface area contributed by atoms with Crippen molar-refractivity contribution >= 4 is 41.0 Å². The number of nitrogens with one attached hydrogen (secondary N) is 1. The first-order valence-electron chi connectivity index (χ1n) is 7.86. The lowest BCUT2D eigenvalue weighted by Crippen LogP contribution is -2.58. The number of thiocarbonyl (C=S) groups is 1. The molecular weight excluding hydrogens is 340 g/mol. The summed E-state index contributed by atoms with van der Waals surface area (Å²) in [5, 5.41) is 2.63. The molecule has 134 valence electrons. The highest BCUT2D eigenvalue weighted by atomic mass is 32.1. The normalized spacial score (nSPS) is 18.6. The minimum absolute atomic E-state index is 0.0659. The Hall–Kier alpha value is -2.32. The standard InChI is InChI=1S/C17H22N4O3S/c1-21(2,3)10-9-18-11-14-15(22)19-17(25)20(16(14)23)12-5-7-13(24-4)8-6-12/h5-8,11,14H,9-10H2,1-4H3/p+1. The Morgan fingerprint density at radius 1 is 1.28 bits per heavy atom. The Morgan fingerprint density at radius 3 is 2.48 bits per heavy atom. The molecule has 25 heavy (non-hydrogen) atoms. The Morgan fingerprint density at radius 2 is 1.92 bits per heavy atom. The van der Waals surface area contributed by atoms with Crippen LogP contribution < -0.4 is 15.0 Å². The van der Waals surface area contributed by atoms with Crippen molar-refractivity contribution in [3.63, 3.8) is 0 Å². The van der Waals surface area contributed by atoms with Gasteiger partial charge in [0.1, 0.15) is 5.75 Å². The molecule has 1 aromatic rings. The molecule has 1 N–H and O–H groups in total. The molecule has 1 aliphatic heterocycles. The van der Waals surface area contributed by atoms with Crippen molar-refractivity contribution < 1.29 is 18.8 Å². The second-order valence-corrected chi connectivity index (χ2v) is 7.10. The molecule has 0 spiro atoms. The number of amides is 2. The van der Waals surface area contributed by atoms with Crippen LogP contribution in [0.5, 0.6) is 5.75 Å². The van der Waals surface area contributed by atoms with E-state index in [4.69, 9.17) is 17.0 Å². The number of ether oxygens (including phenoxy) is 1. The van der Waals surface area contributed by atoms with Gasteiger partial charge in [-0.25, -0.2) is 0 Å². The monoisotopic (exact) mass is 363 g/mol. The lowest BCUT2D eigenvalue weighted by molar-refractivity contribution is -0.868. The Bertz CT molecular complexity index is 695. The molecule has 0 aliphatic carbocycles. The fourth-order valence-corrected chi connectivity index (χ4v) is 2.53. The van der Waals surface area contributed by atoms with Gasteiger partial charge in [-0.05, 0) is 36.5 Å². The molecule has 7 nitrogen and oxygen atoms in total. The topological polar surface area (TPSA) is 71.0 Å². The van der Waals surface area contributed by atoms with Crippen LogP contribution in [-0.4, -0.2) is 69.0 Å². The second-order valence-electron chi connectivity index (χ2n) is 6.71. The van der Waals surface area contributed by atoms with Crippen molar-refractivity contribution in [1.82, 2.24) is 5.32 Å². The van der Waals surface area contributed by atoms with E-state index >= 15 is 0 Å². The van der Waals surface area contributed by atoms with E-state index in [0.29, 0.717) is 18.0 Å². The summed E-state index contributed by atoms with van der Waals surface area (Å²) >= 11 is 5.16. The lowest BCUT2D eigenvalue weighted by Gasteiger charge is -2.31. The molecule has 1 atom stereocenters. The number of methoxy groups -OCH3 is 1. The summed E-state index contributed by atoms with van der Waals surface area (Å²) in [6.45, 7) is 1.34. The van der Waals surface area contributed by atoms with E-state index in [1.165, 1.54) is 11.1 Å². The van der Waals surface area contributed by atoms with Gasteiger partial charge in [-0.2, -0.15) is 0 Å². The zero-order valence-electron chi connectivity index (χ0n) is 14.9. The third kappa shape index (κ3) is 4.83. The first kappa shape index (κ1) is 19.0. The van der Waals surface area contributed by atoms with Crippen molar-refractivity contribution in [2.75, 3.05) is 46.2 Å². The van der Waals surface area contributed by atoms with Crippen LogP contribution in [0.25, 0.3) is 0 Å². The molecule has 0 radical (unpaired) electrons. The maximum atomic E-state index is 12.7. The van der Waals surface area contributed by atoms with Crippen molar-refractivity contribution in [2.45, 2.75) is 0 Å². The highest BCUT2D eigenvalue weighted by Crippen LogP contribution is 2.23. The molecule has 0 saturated carbocycles. The summed E-state index contributed by atoms with van der Waals surface area (Å²) in [6, 6.07) is 6.88. The number of benzene rings is 1. The fraction of sp³-hybridized carbons (Fsp3) is 0.412. The van der Waals surface area contributed by atoms with E-state index in [0.717, 1.165) is 11.0 Å². The molecule has 0 bridgehead atoms. The zero-order valence-corrected chi connectivity index (χ0v) is 15.7. The number of aliphatic imine (C=N–C) groups is 1. The van der Waals surface area contributed by atoms with Crippen molar-refractivity contribution in [3.05, 3.63) is 24.3 Å². The van der Waals surface area contributed by atoms with Crippen LogP contribution in [-0.2, 0) is 9.59 Å². The minimum atomic E-state index is -0.985. The molecule has 1 heterocycles. The lowest BCUT2D eigenvalue weighted by atomic mass is 10.1. The number of hydrogen-bond acceptors (Lipinski definition) is 5.